The van der Waals surface area contributed by atoms with Gasteiger partial charge in [0, 0.05) is 11.4 Å². The van der Waals surface area contributed by atoms with E-state index < -0.39 is 5.54 Å². The Labute approximate surface area is 122 Å². The number of nitrogens with one attached hydrogen (secondary N) is 1. The van der Waals surface area contributed by atoms with E-state index in [1.807, 2.05) is 24.3 Å². The van der Waals surface area contributed by atoms with E-state index in [2.05, 4.69) is 10.1 Å². The van der Waals surface area contributed by atoms with Crippen molar-refractivity contribution < 1.29 is 14.3 Å². The molecule has 0 radical (unpaired) electrons. The lowest BCUT2D eigenvalue weighted by molar-refractivity contribution is -0.137. The van der Waals surface area contributed by atoms with Crippen LogP contribution in [0.1, 0.15) is 18.4 Å². The number of anilines is 1. The first-order chi connectivity index (χ1) is 9.53. The van der Waals surface area contributed by atoms with E-state index in [4.69, 9.17) is 5.73 Å². The van der Waals surface area contributed by atoms with E-state index in [9.17, 15) is 9.59 Å². The summed E-state index contributed by atoms with van der Waals surface area (Å²) >= 11 is 1.47. The van der Waals surface area contributed by atoms with Crippen molar-refractivity contribution >= 4 is 29.3 Å². The summed E-state index contributed by atoms with van der Waals surface area (Å²) in [6, 6.07) is 7.56. The highest BCUT2D eigenvalue weighted by molar-refractivity contribution is 7.99. The summed E-state index contributed by atoms with van der Waals surface area (Å²) in [6.07, 6.45) is 1.49. The number of rotatable bonds is 6. The molecule has 0 atom stereocenters. The van der Waals surface area contributed by atoms with Crippen molar-refractivity contribution in [3.8, 4) is 0 Å². The Hall–Kier alpha value is -1.53. The van der Waals surface area contributed by atoms with Gasteiger partial charge in [0.25, 0.3) is 0 Å². The maximum atomic E-state index is 11.8. The number of hydrogen-bond acceptors (Lipinski definition) is 5. The molecular formula is C14H18N2O3S. The number of amides is 1. The third kappa shape index (κ3) is 3.98. The fourth-order valence-corrected chi connectivity index (χ4v) is 2.47. The van der Waals surface area contributed by atoms with Crippen LogP contribution in [0.4, 0.5) is 5.69 Å². The van der Waals surface area contributed by atoms with Crippen LogP contribution in [0, 0.1) is 0 Å². The molecule has 1 aliphatic rings. The molecule has 1 fully saturated rings. The molecule has 0 bridgehead atoms. The second-order valence-electron chi connectivity index (χ2n) is 4.88. The quantitative estimate of drug-likeness (QED) is 0.777. The minimum Gasteiger partial charge on any atom is -0.468 e. The summed E-state index contributed by atoms with van der Waals surface area (Å²) in [4.78, 5) is 22.9. The van der Waals surface area contributed by atoms with Gasteiger partial charge < -0.3 is 15.8 Å². The summed E-state index contributed by atoms with van der Waals surface area (Å²) in [5.41, 5.74) is 6.95. The SMILES string of the molecule is COC(=O)CSCc1cccc(NC(=O)C2(N)CC2)c1. The summed E-state index contributed by atoms with van der Waals surface area (Å²) in [7, 11) is 1.37. The van der Waals surface area contributed by atoms with E-state index in [0.29, 0.717) is 11.5 Å². The molecule has 108 valence electrons. The first-order valence-electron chi connectivity index (χ1n) is 6.37. The van der Waals surface area contributed by atoms with Gasteiger partial charge in [-0.1, -0.05) is 12.1 Å². The Balaban J connectivity index is 1.87. The van der Waals surface area contributed by atoms with Crippen molar-refractivity contribution in [2.45, 2.75) is 24.1 Å². The summed E-state index contributed by atoms with van der Waals surface area (Å²) < 4.78 is 4.58. The van der Waals surface area contributed by atoms with Crippen molar-refractivity contribution in [1.29, 1.82) is 0 Å². The molecule has 1 aliphatic carbocycles. The van der Waals surface area contributed by atoms with Gasteiger partial charge in [0.15, 0.2) is 0 Å². The third-order valence-electron chi connectivity index (χ3n) is 3.14. The highest BCUT2D eigenvalue weighted by atomic mass is 32.2. The van der Waals surface area contributed by atoms with Gasteiger partial charge >= 0.3 is 5.97 Å². The topological polar surface area (TPSA) is 81.4 Å². The maximum Gasteiger partial charge on any atom is 0.315 e. The highest BCUT2D eigenvalue weighted by Gasteiger charge is 2.45. The van der Waals surface area contributed by atoms with Crippen LogP contribution in [0.5, 0.6) is 0 Å². The van der Waals surface area contributed by atoms with Gasteiger partial charge in [-0.15, -0.1) is 11.8 Å². The molecule has 0 aromatic heterocycles. The van der Waals surface area contributed by atoms with Crippen LogP contribution in [0.25, 0.3) is 0 Å². The molecule has 5 nitrogen and oxygen atoms in total. The lowest BCUT2D eigenvalue weighted by Gasteiger charge is -2.11. The number of methoxy groups -OCH3 is 1. The van der Waals surface area contributed by atoms with Crippen molar-refractivity contribution in [3.63, 3.8) is 0 Å². The summed E-state index contributed by atoms with van der Waals surface area (Å²) in [6.45, 7) is 0. The molecule has 20 heavy (non-hydrogen) atoms. The molecule has 3 N–H and O–H groups in total. The molecule has 6 heteroatoms. The zero-order valence-electron chi connectivity index (χ0n) is 11.3. The zero-order valence-corrected chi connectivity index (χ0v) is 12.2. The number of thioether (sulfide) groups is 1. The molecule has 1 aromatic carbocycles. The minimum absolute atomic E-state index is 0.128. The summed E-state index contributed by atoms with van der Waals surface area (Å²) in [5, 5.41) is 2.83. The van der Waals surface area contributed by atoms with Gasteiger partial charge in [-0.05, 0) is 30.5 Å². The fraction of sp³-hybridized carbons (Fsp3) is 0.429. The minimum atomic E-state index is -0.671. The van der Waals surface area contributed by atoms with Crippen LogP contribution in [0.2, 0.25) is 0 Å². The molecule has 1 aromatic rings. The number of nitrogens with two attached hydrogens (primary N) is 1. The number of hydrogen-bond donors (Lipinski definition) is 2. The Morgan fingerprint density at radius 3 is 2.85 bits per heavy atom. The van der Waals surface area contributed by atoms with Crippen LogP contribution in [0.3, 0.4) is 0 Å². The predicted molar refractivity (Wildman–Crippen MR) is 79.4 cm³/mol. The van der Waals surface area contributed by atoms with Crippen molar-refractivity contribution in [3.05, 3.63) is 29.8 Å². The average molecular weight is 294 g/mol. The highest BCUT2D eigenvalue weighted by Crippen LogP contribution is 2.33. The standard InChI is InChI=1S/C14H18N2O3S/c1-19-12(17)9-20-8-10-3-2-4-11(7-10)16-13(18)14(15)5-6-14/h2-4,7H,5-6,8-9,15H2,1H3,(H,16,18). The zero-order chi connectivity index (χ0) is 14.6. The number of carbonyl (C=O) groups excluding carboxylic acids is 2. The normalized spacial score (nSPS) is 15.5. The molecule has 0 saturated heterocycles. The van der Waals surface area contributed by atoms with Gasteiger partial charge in [-0.25, -0.2) is 0 Å². The van der Waals surface area contributed by atoms with Crippen molar-refractivity contribution in [2.24, 2.45) is 5.73 Å². The number of carbonyl (C=O) groups is 2. The smallest absolute Gasteiger partial charge is 0.315 e. The van der Waals surface area contributed by atoms with E-state index in [-0.39, 0.29) is 11.9 Å². The first-order valence-corrected chi connectivity index (χ1v) is 7.53. The number of esters is 1. The van der Waals surface area contributed by atoms with Gasteiger partial charge in [0.2, 0.25) is 5.91 Å². The van der Waals surface area contributed by atoms with E-state index in [0.717, 1.165) is 24.1 Å². The molecule has 0 unspecified atom stereocenters. The monoisotopic (exact) mass is 294 g/mol. The molecule has 0 aliphatic heterocycles. The van der Waals surface area contributed by atoms with Crippen LogP contribution in [-0.2, 0) is 20.1 Å². The lowest BCUT2D eigenvalue weighted by atomic mass is 10.2. The van der Waals surface area contributed by atoms with Gasteiger partial charge in [-0.3, -0.25) is 9.59 Å². The maximum absolute atomic E-state index is 11.8. The van der Waals surface area contributed by atoms with Gasteiger partial charge in [0.05, 0.1) is 18.4 Å². The van der Waals surface area contributed by atoms with Crippen molar-refractivity contribution in [2.75, 3.05) is 18.2 Å². The third-order valence-corrected chi connectivity index (χ3v) is 4.12. The lowest BCUT2D eigenvalue weighted by Crippen LogP contribution is -2.37. The summed E-state index contributed by atoms with van der Waals surface area (Å²) in [5.74, 6) is 0.640. The molecule has 1 amide bonds. The second kappa shape index (κ2) is 6.28. The molecule has 1 saturated carbocycles. The van der Waals surface area contributed by atoms with Gasteiger partial charge in [0.1, 0.15) is 0 Å². The van der Waals surface area contributed by atoms with E-state index >= 15 is 0 Å². The Kier molecular flexibility index (Phi) is 4.67. The fourth-order valence-electron chi connectivity index (χ4n) is 1.67. The Morgan fingerprint density at radius 2 is 2.20 bits per heavy atom. The van der Waals surface area contributed by atoms with E-state index in [1.165, 1.54) is 18.9 Å². The molecule has 2 rings (SSSR count). The predicted octanol–water partition coefficient (Wildman–Crippen LogP) is 1.52. The van der Waals surface area contributed by atoms with Crippen LogP contribution >= 0.6 is 11.8 Å². The van der Waals surface area contributed by atoms with Crippen LogP contribution < -0.4 is 11.1 Å². The largest absolute Gasteiger partial charge is 0.468 e. The first kappa shape index (κ1) is 14.9. The second-order valence-corrected chi connectivity index (χ2v) is 5.87. The molecule has 0 spiro atoms. The van der Waals surface area contributed by atoms with Crippen LogP contribution in [0.15, 0.2) is 24.3 Å². The number of ether oxygens (including phenoxy) is 1. The molecular weight excluding hydrogens is 276 g/mol. The van der Waals surface area contributed by atoms with Crippen molar-refractivity contribution in [1.82, 2.24) is 0 Å². The van der Waals surface area contributed by atoms with Crippen LogP contribution in [-0.4, -0.2) is 30.3 Å². The Bertz CT molecular complexity index is 515. The van der Waals surface area contributed by atoms with E-state index in [1.54, 1.807) is 0 Å². The Morgan fingerprint density at radius 1 is 1.45 bits per heavy atom. The molecule has 0 heterocycles. The van der Waals surface area contributed by atoms with Gasteiger partial charge in [-0.2, -0.15) is 0 Å². The number of benzene rings is 1. The average Bonchev–Trinajstić information content (AvgIpc) is 3.18.